The van der Waals surface area contributed by atoms with Crippen LogP contribution in [0.25, 0.3) is 0 Å². The fourth-order valence-corrected chi connectivity index (χ4v) is 1.87. The van der Waals surface area contributed by atoms with Crippen LogP contribution in [0.2, 0.25) is 0 Å². The Morgan fingerprint density at radius 1 is 1.22 bits per heavy atom. The van der Waals surface area contributed by atoms with Crippen molar-refractivity contribution in [1.29, 1.82) is 0 Å². The Morgan fingerprint density at radius 3 is 2.28 bits per heavy atom. The minimum atomic E-state index is -0.256. The molecule has 0 spiro atoms. The van der Waals surface area contributed by atoms with Crippen molar-refractivity contribution in [3.8, 4) is 0 Å². The fraction of sp³-hybridized carbons (Fsp3) is 0.533. The highest BCUT2D eigenvalue weighted by molar-refractivity contribution is 5.75. The molecule has 100 valence electrons. The molecule has 0 saturated carbocycles. The van der Waals surface area contributed by atoms with Gasteiger partial charge in [-0.3, -0.25) is 0 Å². The van der Waals surface area contributed by atoms with Crippen molar-refractivity contribution in [3.63, 3.8) is 0 Å². The SMILES string of the molecule is Cc1ccc(CC(C)(C)NC(=O)NC(C)C)cc1. The van der Waals surface area contributed by atoms with E-state index in [0.717, 1.165) is 6.42 Å². The number of hydrogen-bond acceptors (Lipinski definition) is 1. The molecular weight excluding hydrogens is 224 g/mol. The second kappa shape index (κ2) is 5.89. The lowest BCUT2D eigenvalue weighted by Gasteiger charge is -2.27. The van der Waals surface area contributed by atoms with E-state index in [1.807, 2.05) is 27.7 Å². The number of urea groups is 1. The predicted octanol–water partition coefficient (Wildman–Crippen LogP) is 3.02. The quantitative estimate of drug-likeness (QED) is 0.845. The van der Waals surface area contributed by atoms with Crippen molar-refractivity contribution < 1.29 is 4.79 Å². The number of carbonyl (C=O) groups excluding carboxylic acids is 1. The first-order chi connectivity index (χ1) is 8.28. The van der Waals surface area contributed by atoms with E-state index in [9.17, 15) is 4.79 Å². The molecule has 1 aromatic rings. The molecule has 1 aromatic carbocycles. The van der Waals surface area contributed by atoms with Crippen LogP contribution in [-0.2, 0) is 6.42 Å². The first-order valence-corrected chi connectivity index (χ1v) is 6.43. The summed E-state index contributed by atoms with van der Waals surface area (Å²) in [4.78, 5) is 11.7. The molecule has 0 unspecified atom stereocenters. The van der Waals surface area contributed by atoms with Crippen molar-refractivity contribution in [2.24, 2.45) is 0 Å². The minimum Gasteiger partial charge on any atom is -0.336 e. The summed E-state index contributed by atoms with van der Waals surface area (Å²) in [5.74, 6) is 0. The van der Waals surface area contributed by atoms with Crippen molar-refractivity contribution in [3.05, 3.63) is 35.4 Å². The van der Waals surface area contributed by atoms with E-state index in [1.54, 1.807) is 0 Å². The van der Waals surface area contributed by atoms with Gasteiger partial charge in [-0.05, 0) is 46.6 Å². The Labute approximate surface area is 110 Å². The highest BCUT2D eigenvalue weighted by atomic mass is 16.2. The fourth-order valence-electron chi connectivity index (χ4n) is 1.87. The maximum absolute atomic E-state index is 11.7. The Kier molecular flexibility index (Phi) is 4.76. The van der Waals surface area contributed by atoms with E-state index in [4.69, 9.17) is 0 Å². The van der Waals surface area contributed by atoms with Gasteiger partial charge in [-0.1, -0.05) is 29.8 Å². The van der Waals surface area contributed by atoms with Crippen LogP contribution >= 0.6 is 0 Å². The lowest BCUT2D eigenvalue weighted by Crippen LogP contribution is -2.51. The minimum absolute atomic E-state index is 0.109. The van der Waals surface area contributed by atoms with Gasteiger partial charge >= 0.3 is 6.03 Å². The predicted molar refractivity (Wildman–Crippen MR) is 75.8 cm³/mol. The van der Waals surface area contributed by atoms with E-state index in [0.29, 0.717) is 0 Å². The van der Waals surface area contributed by atoms with Gasteiger partial charge < -0.3 is 10.6 Å². The highest BCUT2D eigenvalue weighted by Gasteiger charge is 2.21. The topological polar surface area (TPSA) is 41.1 Å². The van der Waals surface area contributed by atoms with Gasteiger partial charge in [-0.25, -0.2) is 4.79 Å². The molecule has 0 aromatic heterocycles. The van der Waals surface area contributed by atoms with Crippen LogP contribution in [0.15, 0.2) is 24.3 Å². The second-order valence-electron chi connectivity index (χ2n) is 5.80. The first kappa shape index (κ1) is 14.6. The molecule has 0 bridgehead atoms. The number of benzene rings is 1. The van der Waals surface area contributed by atoms with Gasteiger partial charge in [-0.15, -0.1) is 0 Å². The van der Waals surface area contributed by atoms with Crippen molar-refractivity contribution in [2.45, 2.75) is 52.6 Å². The van der Waals surface area contributed by atoms with Gasteiger partial charge in [0, 0.05) is 11.6 Å². The molecule has 0 radical (unpaired) electrons. The third kappa shape index (κ3) is 5.21. The van der Waals surface area contributed by atoms with Crippen LogP contribution in [0.3, 0.4) is 0 Å². The van der Waals surface area contributed by atoms with E-state index in [1.165, 1.54) is 11.1 Å². The monoisotopic (exact) mass is 248 g/mol. The molecule has 0 atom stereocenters. The van der Waals surface area contributed by atoms with E-state index in [-0.39, 0.29) is 17.6 Å². The summed E-state index contributed by atoms with van der Waals surface area (Å²) in [6, 6.07) is 8.46. The molecule has 3 nitrogen and oxygen atoms in total. The van der Waals surface area contributed by atoms with Gasteiger partial charge in [0.15, 0.2) is 0 Å². The molecule has 0 aliphatic heterocycles. The standard InChI is InChI=1S/C15H24N2O/c1-11(2)16-14(18)17-15(4,5)10-13-8-6-12(3)7-9-13/h6-9,11H,10H2,1-5H3,(H2,16,17,18). The number of carbonyl (C=O) groups is 1. The molecule has 0 heterocycles. The number of rotatable bonds is 4. The molecule has 2 N–H and O–H groups in total. The number of nitrogens with one attached hydrogen (secondary N) is 2. The molecule has 18 heavy (non-hydrogen) atoms. The van der Waals surface area contributed by atoms with Crippen LogP contribution in [0.5, 0.6) is 0 Å². The molecule has 0 fully saturated rings. The zero-order chi connectivity index (χ0) is 13.8. The average molecular weight is 248 g/mol. The molecule has 1 rings (SSSR count). The maximum atomic E-state index is 11.7. The summed E-state index contributed by atoms with van der Waals surface area (Å²) >= 11 is 0. The molecule has 0 aliphatic rings. The molecular formula is C15H24N2O. The number of hydrogen-bond donors (Lipinski definition) is 2. The maximum Gasteiger partial charge on any atom is 0.315 e. The lowest BCUT2D eigenvalue weighted by atomic mass is 9.94. The summed E-state index contributed by atoms with van der Waals surface area (Å²) in [7, 11) is 0. The van der Waals surface area contributed by atoms with E-state index < -0.39 is 0 Å². The average Bonchev–Trinajstić information content (AvgIpc) is 2.18. The number of amides is 2. The van der Waals surface area contributed by atoms with Crippen molar-refractivity contribution >= 4 is 6.03 Å². The molecule has 2 amide bonds. The Morgan fingerprint density at radius 2 is 1.78 bits per heavy atom. The van der Waals surface area contributed by atoms with Crippen LogP contribution < -0.4 is 10.6 Å². The van der Waals surface area contributed by atoms with Gasteiger partial charge in [0.05, 0.1) is 0 Å². The lowest BCUT2D eigenvalue weighted by molar-refractivity contribution is 0.227. The van der Waals surface area contributed by atoms with Crippen LogP contribution in [0.1, 0.15) is 38.8 Å². The van der Waals surface area contributed by atoms with Gasteiger partial charge in [-0.2, -0.15) is 0 Å². The zero-order valence-corrected chi connectivity index (χ0v) is 12.0. The van der Waals surface area contributed by atoms with Gasteiger partial charge in [0.1, 0.15) is 0 Å². The Hall–Kier alpha value is -1.51. The third-order valence-electron chi connectivity index (χ3n) is 2.64. The Balaban J connectivity index is 2.58. The summed E-state index contributed by atoms with van der Waals surface area (Å²) in [6.07, 6.45) is 0.818. The van der Waals surface area contributed by atoms with E-state index in [2.05, 4.69) is 41.8 Å². The summed E-state index contributed by atoms with van der Waals surface area (Å²) in [5.41, 5.74) is 2.23. The second-order valence-corrected chi connectivity index (χ2v) is 5.80. The largest absolute Gasteiger partial charge is 0.336 e. The van der Waals surface area contributed by atoms with Gasteiger partial charge in [0.2, 0.25) is 0 Å². The van der Waals surface area contributed by atoms with Crippen molar-refractivity contribution in [1.82, 2.24) is 10.6 Å². The van der Waals surface area contributed by atoms with Gasteiger partial charge in [0.25, 0.3) is 0 Å². The molecule has 0 aliphatic carbocycles. The zero-order valence-electron chi connectivity index (χ0n) is 12.0. The summed E-state index contributed by atoms with van der Waals surface area (Å²) in [5, 5.41) is 5.84. The summed E-state index contributed by atoms with van der Waals surface area (Å²) < 4.78 is 0. The smallest absolute Gasteiger partial charge is 0.315 e. The molecule has 3 heteroatoms. The summed E-state index contributed by atoms with van der Waals surface area (Å²) in [6.45, 7) is 10.0. The third-order valence-corrected chi connectivity index (χ3v) is 2.64. The Bertz CT molecular complexity index is 393. The first-order valence-electron chi connectivity index (χ1n) is 6.43. The van der Waals surface area contributed by atoms with Crippen LogP contribution in [-0.4, -0.2) is 17.6 Å². The normalized spacial score (nSPS) is 11.4. The van der Waals surface area contributed by atoms with Crippen LogP contribution in [0.4, 0.5) is 4.79 Å². The number of aryl methyl sites for hydroxylation is 1. The molecule has 0 saturated heterocycles. The van der Waals surface area contributed by atoms with E-state index >= 15 is 0 Å². The van der Waals surface area contributed by atoms with Crippen LogP contribution in [0, 0.1) is 6.92 Å². The highest BCUT2D eigenvalue weighted by Crippen LogP contribution is 2.13. The van der Waals surface area contributed by atoms with Crippen molar-refractivity contribution in [2.75, 3.05) is 0 Å².